The standard InChI is InChI=1S/C21H24N2O6S/c1-15(20(24)23-17-6-3-2-4-7-17)29-21(25)16-9-11-19(12-10-16)30(26,27)22-14-18-8-5-13-28-18/h2-4,6-7,9-12,15,18,22H,5,8,13-14H2,1H3,(H,23,24). The monoisotopic (exact) mass is 432 g/mol. The van der Waals surface area contributed by atoms with Gasteiger partial charge in [0.1, 0.15) is 0 Å². The van der Waals surface area contributed by atoms with Crippen LogP contribution in [0.3, 0.4) is 0 Å². The van der Waals surface area contributed by atoms with Crippen LogP contribution in [0.2, 0.25) is 0 Å². The van der Waals surface area contributed by atoms with Gasteiger partial charge in [0.2, 0.25) is 10.0 Å². The number of para-hydroxylation sites is 1. The number of hydrogen-bond acceptors (Lipinski definition) is 6. The maximum absolute atomic E-state index is 12.4. The molecule has 9 heteroatoms. The van der Waals surface area contributed by atoms with Crippen LogP contribution >= 0.6 is 0 Å². The van der Waals surface area contributed by atoms with E-state index in [2.05, 4.69) is 10.0 Å². The molecule has 160 valence electrons. The van der Waals surface area contributed by atoms with Gasteiger partial charge in [0.15, 0.2) is 6.10 Å². The zero-order valence-corrected chi connectivity index (χ0v) is 17.4. The van der Waals surface area contributed by atoms with Crippen molar-refractivity contribution in [1.82, 2.24) is 4.72 Å². The molecular formula is C21H24N2O6S. The molecule has 1 amide bonds. The van der Waals surface area contributed by atoms with E-state index in [0.29, 0.717) is 12.3 Å². The average molecular weight is 432 g/mol. The maximum Gasteiger partial charge on any atom is 0.338 e. The van der Waals surface area contributed by atoms with Gasteiger partial charge in [0.05, 0.1) is 16.6 Å². The molecule has 0 aliphatic carbocycles. The van der Waals surface area contributed by atoms with E-state index in [1.165, 1.54) is 31.2 Å². The summed E-state index contributed by atoms with van der Waals surface area (Å²) in [5, 5.41) is 2.65. The van der Waals surface area contributed by atoms with Crippen LogP contribution in [-0.2, 0) is 24.3 Å². The Kier molecular flexibility index (Phi) is 7.20. The van der Waals surface area contributed by atoms with E-state index >= 15 is 0 Å². The summed E-state index contributed by atoms with van der Waals surface area (Å²) in [4.78, 5) is 24.5. The summed E-state index contributed by atoms with van der Waals surface area (Å²) >= 11 is 0. The van der Waals surface area contributed by atoms with E-state index in [4.69, 9.17) is 9.47 Å². The largest absolute Gasteiger partial charge is 0.449 e. The third kappa shape index (κ3) is 5.88. The first-order valence-electron chi connectivity index (χ1n) is 9.63. The van der Waals surface area contributed by atoms with Crippen LogP contribution in [-0.4, -0.2) is 45.7 Å². The van der Waals surface area contributed by atoms with Gasteiger partial charge in [-0.1, -0.05) is 18.2 Å². The van der Waals surface area contributed by atoms with Gasteiger partial charge in [-0.15, -0.1) is 0 Å². The number of sulfonamides is 1. The minimum atomic E-state index is -3.71. The average Bonchev–Trinajstić information content (AvgIpc) is 3.27. The molecule has 0 saturated carbocycles. The minimum Gasteiger partial charge on any atom is -0.449 e. The number of ether oxygens (including phenoxy) is 2. The Morgan fingerprint density at radius 1 is 1.13 bits per heavy atom. The fraction of sp³-hybridized carbons (Fsp3) is 0.333. The summed E-state index contributed by atoms with van der Waals surface area (Å²) in [7, 11) is -3.71. The van der Waals surface area contributed by atoms with E-state index in [1.807, 2.05) is 6.07 Å². The molecule has 1 aliphatic rings. The number of nitrogens with one attached hydrogen (secondary N) is 2. The van der Waals surface area contributed by atoms with Gasteiger partial charge in [-0.05, 0) is 56.2 Å². The van der Waals surface area contributed by atoms with Gasteiger partial charge < -0.3 is 14.8 Å². The summed E-state index contributed by atoms with van der Waals surface area (Å²) in [6.07, 6.45) is 0.612. The number of amides is 1. The lowest BCUT2D eigenvalue weighted by atomic mass is 10.2. The molecule has 30 heavy (non-hydrogen) atoms. The second-order valence-electron chi connectivity index (χ2n) is 6.91. The fourth-order valence-electron chi connectivity index (χ4n) is 2.91. The van der Waals surface area contributed by atoms with Crippen LogP contribution < -0.4 is 10.0 Å². The molecule has 0 radical (unpaired) electrons. The van der Waals surface area contributed by atoms with Crippen LogP contribution in [0.1, 0.15) is 30.1 Å². The van der Waals surface area contributed by atoms with Gasteiger partial charge in [-0.2, -0.15) is 0 Å². The molecule has 1 aliphatic heterocycles. The van der Waals surface area contributed by atoms with Gasteiger partial charge >= 0.3 is 5.97 Å². The van der Waals surface area contributed by atoms with Gasteiger partial charge in [-0.25, -0.2) is 17.9 Å². The molecule has 8 nitrogen and oxygen atoms in total. The van der Waals surface area contributed by atoms with Crippen molar-refractivity contribution < 1.29 is 27.5 Å². The lowest BCUT2D eigenvalue weighted by Crippen LogP contribution is -2.32. The molecule has 0 aromatic heterocycles. The smallest absolute Gasteiger partial charge is 0.338 e. The van der Waals surface area contributed by atoms with Crippen molar-refractivity contribution in [2.24, 2.45) is 0 Å². The molecule has 1 fully saturated rings. The summed E-state index contributed by atoms with van der Waals surface area (Å²) in [6.45, 7) is 2.31. The number of carbonyl (C=O) groups is 2. The molecule has 2 unspecified atom stereocenters. The summed E-state index contributed by atoms with van der Waals surface area (Å²) < 4.78 is 37.9. The van der Waals surface area contributed by atoms with E-state index in [9.17, 15) is 18.0 Å². The quantitative estimate of drug-likeness (QED) is 0.620. The van der Waals surface area contributed by atoms with Gasteiger partial charge in [0, 0.05) is 18.8 Å². The number of anilines is 1. The number of hydrogen-bond donors (Lipinski definition) is 2. The van der Waals surface area contributed by atoms with Crippen molar-refractivity contribution in [3.8, 4) is 0 Å². The Labute approximate surface area is 175 Å². The van der Waals surface area contributed by atoms with E-state index in [1.54, 1.807) is 24.3 Å². The van der Waals surface area contributed by atoms with E-state index in [-0.39, 0.29) is 23.1 Å². The highest BCUT2D eigenvalue weighted by Crippen LogP contribution is 2.15. The first-order chi connectivity index (χ1) is 14.3. The number of carbonyl (C=O) groups excluding carboxylic acids is 2. The molecule has 3 rings (SSSR count). The molecule has 2 atom stereocenters. The SMILES string of the molecule is CC(OC(=O)c1ccc(S(=O)(=O)NCC2CCCO2)cc1)C(=O)Nc1ccccc1. The van der Waals surface area contributed by atoms with Crippen LogP contribution in [0.15, 0.2) is 59.5 Å². The van der Waals surface area contributed by atoms with Crippen LogP contribution in [0.5, 0.6) is 0 Å². The van der Waals surface area contributed by atoms with Crippen LogP contribution in [0.25, 0.3) is 0 Å². The number of benzene rings is 2. The third-order valence-corrected chi connectivity index (χ3v) is 6.06. The Bertz CT molecular complexity index is 970. The van der Waals surface area contributed by atoms with Crippen LogP contribution in [0.4, 0.5) is 5.69 Å². The first kappa shape index (κ1) is 21.9. The second-order valence-corrected chi connectivity index (χ2v) is 8.68. The Hall–Kier alpha value is -2.75. The molecule has 2 aromatic carbocycles. The van der Waals surface area contributed by atoms with Gasteiger partial charge in [0.25, 0.3) is 5.91 Å². The zero-order chi connectivity index (χ0) is 21.6. The topological polar surface area (TPSA) is 111 Å². The van der Waals surface area contributed by atoms with Crippen molar-refractivity contribution in [2.45, 2.75) is 36.9 Å². The van der Waals surface area contributed by atoms with E-state index in [0.717, 1.165) is 12.8 Å². The molecular weight excluding hydrogens is 408 g/mol. The number of rotatable bonds is 8. The summed E-state index contributed by atoms with van der Waals surface area (Å²) in [5.74, 6) is -1.19. The van der Waals surface area contributed by atoms with Crippen molar-refractivity contribution in [3.63, 3.8) is 0 Å². The molecule has 2 aromatic rings. The third-order valence-electron chi connectivity index (χ3n) is 4.62. The highest BCUT2D eigenvalue weighted by Gasteiger charge is 2.22. The predicted molar refractivity (Wildman–Crippen MR) is 111 cm³/mol. The highest BCUT2D eigenvalue weighted by atomic mass is 32.2. The lowest BCUT2D eigenvalue weighted by molar-refractivity contribution is -0.123. The zero-order valence-electron chi connectivity index (χ0n) is 16.5. The van der Waals surface area contributed by atoms with Crippen LogP contribution in [0, 0.1) is 0 Å². The van der Waals surface area contributed by atoms with Crippen molar-refractivity contribution in [2.75, 3.05) is 18.5 Å². The second kappa shape index (κ2) is 9.84. The molecule has 1 saturated heterocycles. The summed E-state index contributed by atoms with van der Waals surface area (Å²) in [5.41, 5.74) is 0.739. The van der Waals surface area contributed by atoms with Crippen molar-refractivity contribution >= 4 is 27.6 Å². The van der Waals surface area contributed by atoms with Gasteiger partial charge in [-0.3, -0.25) is 4.79 Å². The molecule has 0 spiro atoms. The molecule has 2 N–H and O–H groups in total. The predicted octanol–water partition coefficient (Wildman–Crippen LogP) is 2.33. The molecule has 0 bridgehead atoms. The maximum atomic E-state index is 12.4. The fourth-order valence-corrected chi connectivity index (χ4v) is 3.98. The van der Waals surface area contributed by atoms with Crippen molar-refractivity contribution in [3.05, 3.63) is 60.2 Å². The van der Waals surface area contributed by atoms with Crippen molar-refractivity contribution in [1.29, 1.82) is 0 Å². The Morgan fingerprint density at radius 3 is 2.47 bits per heavy atom. The number of esters is 1. The molecule has 1 heterocycles. The lowest BCUT2D eigenvalue weighted by Gasteiger charge is -2.14. The Morgan fingerprint density at radius 2 is 1.83 bits per heavy atom. The minimum absolute atomic E-state index is 0.0342. The van der Waals surface area contributed by atoms with E-state index < -0.39 is 28.0 Å². The highest BCUT2D eigenvalue weighted by molar-refractivity contribution is 7.89. The first-order valence-corrected chi connectivity index (χ1v) is 11.1. The Balaban J connectivity index is 1.55. The normalized spacial score (nSPS) is 17.3. The summed E-state index contributed by atoms with van der Waals surface area (Å²) in [6, 6.07) is 14.2.